The van der Waals surface area contributed by atoms with Gasteiger partial charge < -0.3 is 10.2 Å². The van der Waals surface area contributed by atoms with E-state index < -0.39 is 18.3 Å². The molecule has 1 amide bonds. The van der Waals surface area contributed by atoms with Gasteiger partial charge in [-0.1, -0.05) is 6.92 Å². The maximum Gasteiger partial charge on any atom is 0.383 e. The van der Waals surface area contributed by atoms with E-state index in [9.17, 15) is 22.4 Å². The van der Waals surface area contributed by atoms with Gasteiger partial charge in [-0.3, -0.25) is 4.79 Å². The van der Waals surface area contributed by atoms with Crippen LogP contribution in [0.3, 0.4) is 0 Å². The molecular weight excluding hydrogens is 252 g/mol. The molecule has 1 heterocycles. The van der Waals surface area contributed by atoms with Gasteiger partial charge in [-0.15, -0.1) is 0 Å². The first-order chi connectivity index (χ1) is 8.34. The molecule has 1 aliphatic rings. The zero-order valence-electron chi connectivity index (χ0n) is 10.3. The Morgan fingerprint density at radius 1 is 1.39 bits per heavy atom. The van der Waals surface area contributed by atoms with Crippen LogP contribution < -0.4 is 5.32 Å². The van der Waals surface area contributed by atoms with E-state index in [1.807, 2.05) is 10.2 Å². The minimum absolute atomic E-state index is 0.0322. The van der Waals surface area contributed by atoms with E-state index in [2.05, 4.69) is 6.92 Å². The van der Waals surface area contributed by atoms with E-state index in [1.165, 1.54) is 0 Å². The summed E-state index contributed by atoms with van der Waals surface area (Å²) in [4.78, 5) is 12.9. The third kappa shape index (κ3) is 4.12. The Labute approximate surface area is 104 Å². The van der Waals surface area contributed by atoms with Crippen molar-refractivity contribution in [3.05, 3.63) is 0 Å². The van der Waals surface area contributed by atoms with E-state index in [4.69, 9.17) is 0 Å². The number of nitrogens with zero attached hydrogens (tertiary/aromatic N) is 1. The summed E-state index contributed by atoms with van der Waals surface area (Å²) in [6.07, 6.45) is -1.91. The molecule has 1 fully saturated rings. The standard InChI is InChI=1S/C11H18F4N2O/c1-8-2-5-17(6-3-8)7-4-16-10(18)11(14,15)9(12)13/h8-9H,2-7H2,1H3,(H,16,18). The fraction of sp³-hybridized carbons (Fsp3) is 0.909. The summed E-state index contributed by atoms with van der Waals surface area (Å²) in [5.41, 5.74) is 0. The van der Waals surface area contributed by atoms with Gasteiger partial charge in [0, 0.05) is 13.1 Å². The first-order valence-electron chi connectivity index (χ1n) is 6.00. The molecule has 1 N–H and O–H groups in total. The summed E-state index contributed by atoms with van der Waals surface area (Å²) < 4.78 is 48.9. The lowest BCUT2D eigenvalue weighted by Gasteiger charge is -2.30. The van der Waals surface area contributed by atoms with Crippen molar-refractivity contribution in [1.29, 1.82) is 0 Å². The van der Waals surface area contributed by atoms with Crippen molar-refractivity contribution in [2.45, 2.75) is 32.1 Å². The van der Waals surface area contributed by atoms with Crippen LogP contribution in [-0.4, -0.2) is 49.3 Å². The highest BCUT2D eigenvalue weighted by Crippen LogP contribution is 2.22. The van der Waals surface area contributed by atoms with Crippen molar-refractivity contribution < 1.29 is 22.4 Å². The molecule has 0 aromatic carbocycles. The Morgan fingerprint density at radius 2 is 1.94 bits per heavy atom. The second-order valence-electron chi connectivity index (χ2n) is 4.70. The highest BCUT2D eigenvalue weighted by molar-refractivity contribution is 5.83. The molecule has 1 rings (SSSR count). The van der Waals surface area contributed by atoms with Gasteiger partial charge in [0.2, 0.25) is 0 Å². The van der Waals surface area contributed by atoms with Crippen LogP contribution in [0.25, 0.3) is 0 Å². The molecule has 0 aliphatic carbocycles. The average molecular weight is 270 g/mol. The molecule has 0 unspecified atom stereocenters. The van der Waals surface area contributed by atoms with Crippen LogP contribution in [0.4, 0.5) is 17.6 Å². The largest absolute Gasteiger partial charge is 0.383 e. The van der Waals surface area contributed by atoms with Crippen molar-refractivity contribution >= 4 is 5.91 Å². The van der Waals surface area contributed by atoms with Gasteiger partial charge in [0.25, 0.3) is 5.91 Å². The number of likely N-dealkylation sites (tertiary alicyclic amines) is 1. The maximum atomic E-state index is 12.6. The Morgan fingerprint density at radius 3 is 2.44 bits per heavy atom. The number of hydrogen-bond donors (Lipinski definition) is 1. The van der Waals surface area contributed by atoms with Crippen molar-refractivity contribution in [2.75, 3.05) is 26.2 Å². The van der Waals surface area contributed by atoms with Crippen LogP contribution in [0.2, 0.25) is 0 Å². The second-order valence-corrected chi connectivity index (χ2v) is 4.70. The van der Waals surface area contributed by atoms with Crippen molar-refractivity contribution in [1.82, 2.24) is 10.2 Å². The zero-order chi connectivity index (χ0) is 13.8. The third-order valence-corrected chi connectivity index (χ3v) is 3.17. The predicted octanol–water partition coefficient (Wildman–Crippen LogP) is 1.73. The Kier molecular flexibility index (Phi) is 5.37. The van der Waals surface area contributed by atoms with Gasteiger partial charge in [0.1, 0.15) is 0 Å². The summed E-state index contributed by atoms with van der Waals surface area (Å²) in [5.74, 6) is -5.85. The molecule has 0 radical (unpaired) electrons. The first-order valence-corrected chi connectivity index (χ1v) is 6.00. The molecule has 0 spiro atoms. The number of halogens is 4. The molecular formula is C11H18F4N2O. The van der Waals surface area contributed by atoms with Gasteiger partial charge in [-0.25, -0.2) is 8.78 Å². The molecule has 0 atom stereocenters. The van der Waals surface area contributed by atoms with Crippen LogP contribution in [0.5, 0.6) is 0 Å². The van der Waals surface area contributed by atoms with Crippen LogP contribution in [0.15, 0.2) is 0 Å². The minimum atomic E-state index is -4.60. The fourth-order valence-electron chi connectivity index (χ4n) is 1.83. The van der Waals surface area contributed by atoms with E-state index in [0.29, 0.717) is 12.5 Å². The summed E-state index contributed by atoms with van der Waals surface area (Å²) in [7, 11) is 0. The molecule has 3 nitrogen and oxygen atoms in total. The number of carbonyl (C=O) groups excluding carboxylic acids is 1. The smallest absolute Gasteiger partial charge is 0.349 e. The summed E-state index contributed by atoms with van der Waals surface area (Å²) in [6, 6.07) is 0. The molecule has 0 aromatic heterocycles. The molecule has 1 saturated heterocycles. The van der Waals surface area contributed by atoms with Gasteiger partial charge in [-0.2, -0.15) is 8.78 Å². The minimum Gasteiger partial charge on any atom is -0.349 e. The van der Waals surface area contributed by atoms with Crippen molar-refractivity contribution in [3.8, 4) is 0 Å². The highest BCUT2D eigenvalue weighted by Gasteiger charge is 2.48. The van der Waals surface area contributed by atoms with E-state index >= 15 is 0 Å². The first kappa shape index (κ1) is 15.2. The number of carbonyl (C=O) groups is 1. The highest BCUT2D eigenvalue weighted by atomic mass is 19.3. The van der Waals surface area contributed by atoms with Gasteiger partial charge >= 0.3 is 12.3 Å². The van der Waals surface area contributed by atoms with Crippen LogP contribution in [0.1, 0.15) is 19.8 Å². The number of amides is 1. The van der Waals surface area contributed by atoms with E-state index in [0.717, 1.165) is 25.9 Å². The Balaban J connectivity index is 2.23. The number of hydrogen-bond acceptors (Lipinski definition) is 2. The van der Waals surface area contributed by atoms with Crippen LogP contribution >= 0.6 is 0 Å². The molecule has 7 heteroatoms. The summed E-state index contributed by atoms with van der Waals surface area (Å²) in [6.45, 7) is 4.22. The normalized spacial score (nSPS) is 19.2. The second kappa shape index (κ2) is 6.36. The molecule has 1 aliphatic heterocycles. The molecule has 0 saturated carbocycles. The maximum absolute atomic E-state index is 12.6. The van der Waals surface area contributed by atoms with Crippen molar-refractivity contribution in [2.24, 2.45) is 5.92 Å². The quantitative estimate of drug-likeness (QED) is 0.772. The third-order valence-electron chi connectivity index (χ3n) is 3.17. The fourth-order valence-corrected chi connectivity index (χ4v) is 1.83. The summed E-state index contributed by atoms with van der Waals surface area (Å²) >= 11 is 0. The topological polar surface area (TPSA) is 32.3 Å². The lowest BCUT2D eigenvalue weighted by Crippen LogP contribution is -2.47. The van der Waals surface area contributed by atoms with Crippen LogP contribution in [0, 0.1) is 5.92 Å². The van der Waals surface area contributed by atoms with Gasteiger partial charge in [0.05, 0.1) is 0 Å². The molecule has 0 aromatic rings. The van der Waals surface area contributed by atoms with Crippen LogP contribution in [-0.2, 0) is 4.79 Å². The number of piperidine rings is 1. The van der Waals surface area contributed by atoms with Gasteiger partial charge in [0.15, 0.2) is 0 Å². The van der Waals surface area contributed by atoms with E-state index in [1.54, 1.807) is 0 Å². The van der Waals surface area contributed by atoms with E-state index in [-0.39, 0.29) is 6.54 Å². The lowest BCUT2D eigenvalue weighted by atomic mass is 9.99. The average Bonchev–Trinajstić information content (AvgIpc) is 2.31. The van der Waals surface area contributed by atoms with Gasteiger partial charge in [-0.05, 0) is 31.8 Å². The summed E-state index contributed by atoms with van der Waals surface area (Å²) in [5, 5.41) is 1.85. The number of nitrogens with one attached hydrogen (secondary N) is 1. The Hall–Kier alpha value is -0.850. The monoisotopic (exact) mass is 270 g/mol. The zero-order valence-corrected chi connectivity index (χ0v) is 10.3. The predicted molar refractivity (Wildman–Crippen MR) is 58.8 cm³/mol. The number of rotatable bonds is 5. The Bertz CT molecular complexity index is 278. The molecule has 106 valence electrons. The SMILES string of the molecule is CC1CCN(CCNC(=O)C(F)(F)C(F)F)CC1. The molecule has 0 bridgehead atoms. The lowest BCUT2D eigenvalue weighted by molar-refractivity contribution is -0.169. The van der Waals surface area contributed by atoms with Crippen molar-refractivity contribution in [3.63, 3.8) is 0 Å². The molecule has 18 heavy (non-hydrogen) atoms. The number of alkyl halides is 4.